The minimum atomic E-state index is -1.19. The summed E-state index contributed by atoms with van der Waals surface area (Å²) in [7, 11) is 0. The number of anilines is 1. The highest BCUT2D eigenvalue weighted by atomic mass is 79.9. The number of nitrogens with zero attached hydrogens (tertiary/aromatic N) is 5. The van der Waals surface area contributed by atoms with Gasteiger partial charge in [0.05, 0.1) is 0 Å². The number of imidazole rings is 1. The minimum absolute atomic E-state index is 0.175. The second-order valence-electron chi connectivity index (χ2n) is 6.69. The first-order chi connectivity index (χ1) is 12.9. The third-order valence-corrected chi connectivity index (χ3v) is 5.52. The molecular formula is C16H22BrN7O3. The summed E-state index contributed by atoms with van der Waals surface area (Å²) in [5.74, 6) is 0.655. The second-order valence-corrected chi connectivity index (χ2v) is 7.40. The Kier molecular flexibility index (Phi) is 5.78. The molecule has 0 spiro atoms. The van der Waals surface area contributed by atoms with Crippen LogP contribution in [0, 0.1) is 5.92 Å². The van der Waals surface area contributed by atoms with E-state index in [2.05, 4.69) is 36.2 Å². The summed E-state index contributed by atoms with van der Waals surface area (Å²) in [5, 5.41) is 10.9. The van der Waals surface area contributed by atoms with Crippen LogP contribution >= 0.6 is 15.9 Å². The van der Waals surface area contributed by atoms with Crippen LogP contribution in [0.4, 0.5) is 10.6 Å². The molecule has 10 nitrogen and oxygen atoms in total. The summed E-state index contributed by atoms with van der Waals surface area (Å²) in [5.41, 5.74) is 7.14. The monoisotopic (exact) mass is 439 g/mol. The lowest BCUT2D eigenvalue weighted by Gasteiger charge is -2.33. The van der Waals surface area contributed by atoms with Gasteiger partial charge in [0.2, 0.25) is 5.91 Å². The van der Waals surface area contributed by atoms with Crippen LogP contribution in [0.5, 0.6) is 0 Å². The van der Waals surface area contributed by atoms with Gasteiger partial charge in [0, 0.05) is 19.6 Å². The van der Waals surface area contributed by atoms with Crippen LogP contribution in [0.25, 0.3) is 11.2 Å². The fourth-order valence-corrected chi connectivity index (χ4v) is 3.92. The molecule has 2 amide bonds. The highest BCUT2D eigenvalue weighted by Crippen LogP contribution is 2.26. The number of nitrogens with two attached hydrogens (primary N) is 1. The summed E-state index contributed by atoms with van der Waals surface area (Å²) in [6, 6.07) is -0.725. The number of aryl methyl sites for hydroxylation is 1. The molecule has 1 aliphatic rings. The molecule has 27 heavy (non-hydrogen) atoms. The van der Waals surface area contributed by atoms with Gasteiger partial charge >= 0.3 is 6.09 Å². The van der Waals surface area contributed by atoms with Gasteiger partial charge in [-0.05, 0) is 48.0 Å². The lowest BCUT2D eigenvalue weighted by Crippen LogP contribution is -2.49. The number of nitrogen functional groups attached to an aromatic ring is 1. The van der Waals surface area contributed by atoms with E-state index < -0.39 is 12.1 Å². The Morgan fingerprint density at radius 2 is 2.11 bits per heavy atom. The zero-order chi connectivity index (χ0) is 19.6. The molecule has 0 bridgehead atoms. The van der Waals surface area contributed by atoms with E-state index in [1.165, 1.54) is 6.33 Å². The zero-order valence-corrected chi connectivity index (χ0v) is 16.5. The van der Waals surface area contributed by atoms with Crippen molar-refractivity contribution in [1.29, 1.82) is 0 Å². The Hall–Kier alpha value is -2.43. The predicted octanol–water partition coefficient (Wildman–Crippen LogP) is 1.46. The Morgan fingerprint density at radius 1 is 1.41 bits per heavy atom. The van der Waals surface area contributed by atoms with Gasteiger partial charge in [0.15, 0.2) is 21.7 Å². The summed E-state index contributed by atoms with van der Waals surface area (Å²) in [4.78, 5) is 37.3. The number of halogens is 1. The summed E-state index contributed by atoms with van der Waals surface area (Å²) < 4.78 is 2.65. The van der Waals surface area contributed by atoms with Crippen molar-refractivity contribution in [3.8, 4) is 0 Å². The third kappa shape index (κ3) is 4.29. The minimum Gasteiger partial charge on any atom is -0.465 e. The molecule has 3 rings (SSSR count). The third-order valence-electron chi connectivity index (χ3n) is 4.91. The molecule has 2 aromatic rings. The normalized spacial score (nSPS) is 16.4. The first kappa shape index (κ1) is 19.3. The van der Waals surface area contributed by atoms with Crippen LogP contribution in [0.2, 0.25) is 0 Å². The molecule has 11 heteroatoms. The van der Waals surface area contributed by atoms with Crippen molar-refractivity contribution in [2.75, 3.05) is 18.8 Å². The van der Waals surface area contributed by atoms with Crippen molar-refractivity contribution in [3.05, 3.63) is 11.1 Å². The predicted molar refractivity (Wildman–Crippen MR) is 102 cm³/mol. The molecule has 0 saturated carbocycles. The van der Waals surface area contributed by atoms with Crippen LogP contribution in [0.15, 0.2) is 11.1 Å². The molecule has 1 aliphatic heterocycles. The quantitative estimate of drug-likeness (QED) is 0.598. The van der Waals surface area contributed by atoms with E-state index in [-0.39, 0.29) is 5.91 Å². The maximum Gasteiger partial charge on any atom is 0.405 e. The van der Waals surface area contributed by atoms with Crippen molar-refractivity contribution in [2.45, 2.75) is 38.8 Å². The second kappa shape index (κ2) is 8.07. The van der Waals surface area contributed by atoms with Gasteiger partial charge in [-0.25, -0.2) is 19.7 Å². The molecule has 0 radical (unpaired) electrons. The number of nitrogens with one attached hydrogen (secondary N) is 1. The Bertz CT molecular complexity index is 848. The van der Waals surface area contributed by atoms with Gasteiger partial charge in [-0.3, -0.25) is 4.79 Å². The van der Waals surface area contributed by atoms with Gasteiger partial charge in [0.25, 0.3) is 0 Å². The maximum absolute atomic E-state index is 12.3. The number of amides is 2. The van der Waals surface area contributed by atoms with Crippen LogP contribution in [0.1, 0.15) is 26.2 Å². The number of aromatic nitrogens is 4. The number of hydrogen-bond acceptors (Lipinski definition) is 6. The van der Waals surface area contributed by atoms with Crippen molar-refractivity contribution in [2.24, 2.45) is 5.92 Å². The molecule has 0 unspecified atom stereocenters. The SMILES string of the molecule is C[C@H](NC(=O)O)C(=O)N1CCC(CCn2c(Br)nc3c(N)ncnc32)CC1. The van der Waals surface area contributed by atoms with Gasteiger partial charge in [-0.2, -0.15) is 0 Å². The number of carboxylic acid groups (broad SMARTS) is 1. The lowest BCUT2D eigenvalue weighted by molar-refractivity contribution is -0.134. The van der Waals surface area contributed by atoms with E-state index in [0.717, 1.165) is 25.8 Å². The standard InChI is InChI=1S/C16H22BrN7O3/c1-9(21-16(26)27)14(25)23-5-2-10(3-6-23)4-7-24-13-11(22-15(24)17)12(18)19-8-20-13/h8-10,21H,2-7H2,1H3,(H,26,27)(H2,18,19,20)/t9-/m0/s1. The average Bonchev–Trinajstić information content (AvgIpc) is 2.96. The number of carbonyl (C=O) groups is 2. The maximum atomic E-state index is 12.3. The van der Waals surface area contributed by atoms with Gasteiger partial charge < -0.3 is 25.6 Å². The van der Waals surface area contributed by atoms with Crippen molar-refractivity contribution < 1.29 is 14.7 Å². The van der Waals surface area contributed by atoms with E-state index in [1.54, 1.807) is 11.8 Å². The van der Waals surface area contributed by atoms with Crippen molar-refractivity contribution in [1.82, 2.24) is 29.7 Å². The first-order valence-corrected chi connectivity index (χ1v) is 9.56. The molecule has 0 aliphatic carbocycles. The molecular weight excluding hydrogens is 418 g/mol. The topological polar surface area (TPSA) is 139 Å². The number of fused-ring (bicyclic) bond motifs is 1. The van der Waals surface area contributed by atoms with Crippen LogP contribution in [-0.2, 0) is 11.3 Å². The molecule has 0 aromatic carbocycles. The van der Waals surface area contributed by atoms with Crippen LogP contribution in [0.3, 0.4) is 0 Å². The molecule has 4 N–H and O–H groups in total. The number of hydrogen-bond donors (Lipinski definition) is 3. The van der Waals surface area contributed by atoms with E-state index >= 15 is 0 Å². The Labute approximate surface area is 164 Å². The smallest absolute Gasteiger partial charge is 0.405 e. The number of rotatable bonds is 5. The van der Waals surface area contributed by atoms with Crippen molar-refractivity contribution >= 4 is 44.9 Å². The van der Waals surface area contributed by atoms with E-state index in [9.17, 15) is 9.59 Å². The average molecular weight is 440 g/mol. The largest absolute Gasteiger partial charge is 0.465 e. The highest BCUT2D eigenvalue weighted by Gasteiger charge is 2.27. The van der Waals surface area contributed by atoms with Crippen LogP contribution < -0.4 is 11.1 Å². The highest BCUT2D eigenvalue weighted by molar-refractivity contribution is 9.10. The summed E-state index contributed by atoms with van der Waals surface area (Å²) in [6.07, 6.45) is 2.94. The number of likely N-dealkylation sites (tertiary alicyclic amines) is 1. The van der Waals surface area contributed by atoms with E-state index in [0.29, 0.717) is 40.7 Å². The number of piperidine rings is 1. The van der Waals surface area contributed by atoms with Gasteiger partial charge in [-0.1, -0.05) is 0 Å². The molecule has 146 valence electrons. The Morgan fingerprint density at radius 3 is 2.78 bits per heavy atom. The first-order valence-electron chi connectivity index (χ1n) is 8.77. The van der Waals surface area contributed by atoms with Gasteiger partial charge in [0.1, 0.15) is 12.4 Å². The number of carbonyl (C=O) groups excluding carboxylic acids is 1. The molecule has 2 aromatic heterocycles. The van der Waals surface area contributed by atoms with E-state index in [1.807, 2.05) is 4.57 Å². The molecule has 1 atom stereocenters. The Balaban J connectivity index is 1.55. The molecule has 1 fully saturated rings. The summed E-state index contributed by atoms with van der Waals surface area (Å²) in [6.45, 7) is 3.58. The fraction of sp³-hybridized carbons (Fsp3) is 0.562. The van der Waals surface area contributed by atoms with Crippen molar-refractivity contribution in [3.63, 3.8) is 0 Å². The van der Waals surface area contributed by atoms with E-state index in [4.69, 9.17) is 10.8 Å². The molecule has 1 saturated heterocycles. The summed E-state index contributed by atoms with van der Waals surface area (Å²) >= 11 is 3.45. The molecule has 3 heterocycles. The van der Waals surface area contributed by atoms with Crippen LogP contribution in [-0.4, -0.2) is 60.7 Å². The fourth-order valence-electron chi connectivity index (χ4n) is 3.40. The zero-order valence-electron chi connectivity index (χ0n) is 14.9. The lowest BCUT2D eigenvalue weighted by atomic mass is 9.93. The van der Waals surface area contributed by atoms with Gasteiger partial charge in [-0.15, -0.1) is 0 Å².